The predicted molar refractivity (Wildman–Crippen MR) is 102 cm³/mol. The molecule has 144 valence electrons. The number of piperidine rings is 1. The van der Waals surface area contributed by atoms with Gasteiger partial charge in [-0.25, -0.2) is 0 Å². The van der Waals surface area contributed by atoms with Gasteiger partial charge in [0, 0.05) is 24.7 Å². The fourth-order valence-electron chi connectivity index (χ4n) is 3.05. The van der Waals surface area contributed by atoms with Crippen molar-refractivity contribution in [2.75, 3.05) is 19.7 Å². The monoisotopic (exact) mass is 370 g/mol. The molecule has 1 aliphatic heterocycles. The zero-order valence-corrected chi connectivity index (χ0v) is 15.8. The van der Waals surface area contributed by atoms with E-state index in [1.54, 1.807) is 23.1 Å². The van der Waals surface area contributed by atoms with E-state index >= 15 is 0 Å². The van der Waals surface area contributed by atoms with Gasteiger partial charge in [-0.3, -0.25) is 9.59 Å². The second-order valence-corrected chi connectivity index (χ2v) is 7.28. The lowest BCUT2D eigenvalue weighted by atomic mass is 10.0. The van der Waals surface area contributed by atoms with Gasteiger partial charge in [0.1, 0.15) is 12.0 Å². The largest absolute Gasteiger partial charge is 0.493 e. The number of furan rings is 1. The standard InChI is InChI=1S/C21H26N2O4/c1-15(2)13-27-19-5-3-4-16(12-19)20(24)22-18-6-9-23(10-7-18)21(25)17-8-11-26-14-17/h3-5,8,11-12,14-15,18H,6-7,9-10,13H2,1-2H3,(H,22,24). The Morgan fingerprint density at radius 3 is 2.67 bits per heavy atom. The number of carbonyl (C=O) groups excluding carboxylic acids is 2. The van der Waals surface area contributed by atoms with E-state index in [0.717, 1.165) is 12.8 Å². The van der Waals surface area contributed by atoms with Gasteiger partial charge in [0.25, 0.3) is 11.8 Å². The smallest absolute Gasteiger partial charge is 0.257 e. The van der Waals surface area contributed by atoms with Crippen LogP contribution in [0.3, 0.4) is 0 Å². The van der Waals surface area contributed by atoms with Gasteiger partial charge in [-0.1, -0.05) is 19.9 Å². The van der Waals surface area contributed by atoms with Crippen LogP contribution in [-0.4, -0.2) is 42.5 Å². The number of amides is 2. The second kappa shape index (κ2) is 8.75. The average molecular weight is 370 g/mol. The zero-order chi connectivity index (χ0) is 19.2. The van der Waals surface area contributed by atoms with Crippen molar-refractivity contribution in [1.82, 2.24) is 10.2 Å². The van der Waals surface area contributed by atoms with E-state index in [1.165, 1.54) is 12.5 Å². The molecule has 1 aliphatic rings. The average Bonchev–Trinajstić information content (AvgIpc) is 3.21. The Hall–Kier alpha value is -2.76. The first-order valence-electron chi connectivity index (χ1n) is 9.38. The fourth-order valence-corrected chi connectivity index (χ4v) is 3.05. The number of benzene rings is 1. The molecule has 2 aromatic rings. The summed E-state index contributed by atoms with van der Waals surface area (Å²) >= 11 is 0. The molecule has 1 fully saturated rings. The molecule has 3 rings (SSSR count). The van der Waals surface area contributed by atoms with Crippen LogP contribution in [0.5, 0.6) is 5.75 Å². The van der Waals surface area contributed by atoms with Gasteiger partial charge in [0.15, 0.2) is 0 Å². The molecule has 6 nitrogen and oxygen atoms in total. The predicted octanol–water partition coefficient (Wildman–Crippen LogP) is 3.35. The highest BCUT2D eigenvalue weighted by molar-refractivity contribution is 5.95. The third kappa shape index (κ3) is 5.12. The van der Waals surface area contributed by atoms with E-state index in [1.807, 2.05) is 12.1 Å². The van der Waals surface area contributed by atoms with Crippen LogP contribution in [0.2, 0.25) is 0 Å². The lowest BCUT2D eigenvalue weighted by Gasteiger charge is -2.32. The first-order valence-corrected chi connectivity index (χ1v) is 9.38. The second-order valence-electron chi connectivity index (χ2n) is 7.28. The summed E-state index contributed by atoms with van der Waals surface area (Å²) in [5, 5.41) is 3.07. The van der Waals surface area contributed by atoms with Crippen LogP contribution in [-0.2, 0) is 0 Å². The molecule has 0 radical (unpaired) electrons. The summed E-state index contributed by atoms with van der Waals surface area (Å²) in [7, 11) is 0. The Balaban J connectivity index is 1.51. The number of carbonyl (C=O) groups is 2. The van der Waals surface area contributed by atoms with Crippen LogP contribution in [0.1, 0.15) is 47.4 Å². The number of likely N-dealkylation sites (tertiary alicyclic amines) is 1. The van der Waals surface area contributed by atoms with Gasteiger partial charge >= 0.3 is 0 Å². The number of ether oxygens (including phenoxy) is 1. The molecule has 0 unspecified atom stereocenters. The minimum absolute atomic E-state index is 0.0245. The molecule has 0 spiro atoms. The summed E-state index contributed by atoms with van der Waals surface area (Å²) in [4.78, 5) is 26.7. The topological polar surface area (TPSA) is 71.8 Å². The summed E-state index contributed by atoms with van der Waals surface area (Å²) in [5.74, 6) is 1.00. The number of hydrogen-bond donors (Lipinski definition) is 1. The van der Waals surface area contributed by atoms with E-state index in [4.69, 9.17) is 9.15 Å². The van der Waals surface area contributed by atoms with Gasteiger partial charge in [-0.2, -0.15) is 0 Å². The maximum atomic E-state index is 12.5. The van der Waals surface area contributed by atoms with Gasteiger partial charge in [-0.05, 0) is 43.0 Å². The molecule has 27 heavy (non-hydrogen) atoms. The SMILES string of the molecule is CC(C)COc1cccc(C(=O)NC2CCN(C(=O)c3ccoc3)CC2)c1. The Morgan fingerprint density at radius 1 is 1.22 bits per heavy atom. The summed E-state index contributed by atoms with van der Waals surface area (Å²) in [6.07, 6.45) is 4.43. The van der Waals surface area contributed by atoms with Crippen LogP contribution in [0.15, 0.2) is 47.3 Å². The Morgan fingerprint density at radius 2 is 2.00 bits per heavy atom. The van der Waals surface area contributed by atoms with Crippen molar-refractivity contribution in [3.8, 4) is 5.75 Å². The minimum Gasteiger partial charge on any atom is -0.493 e. The molecule has 0 atom stereocenters. The Bertz CT molecular complexity index is 762. The molecule has 1 N–H and O–H groups in total. The van der Waals surface area contributed by atoms with E-state index in [0.29, 0.717) is 42.5 Å². The van der Waals surface area contributed by atoms with Gasteiger partial charge in [0.05, 0.1) is 18.4 Å². The zero-order valence-electron chi connectivity index (χ0n) is 15.8. The van der Waals surface area contributed by atoms with E-state index in [-0.39, 0.29) is 17.9 Å². The normalized spacial score (nSPS) is 15.0. The van der Waals surface area contributed by atoms with Crippen LogP contribution < -0.4 is 10.1 Å². The molecular formula is C21H26N2O4. The quantitative estimate of drug-likeness (QED) is 0.846. The van der Waals surface area contributed by atoms with Crippen molar-refractivity contribution in [2.24, 2.45) is 5.92 Å². The van der Waals surface area contributed by atoms with E-state index in [9.17, 15) is 9.59 Å². The van der Waals surface area contributed by atoms with Crippen LogP contribution in [0, 0.1) is 5.92 Å². The molecular weight excluding hydrogens is 344 g/mol. The van der Waals surface area contributed by atoms with Crippen LogP contribution >= 0.6 is 0 Å². The van der Waals surface area contributed by atoms with E-state index in [2.05, 4.69) is 19.2 Å². The van der Waals surface area contributed by atoms with Gasteiger partial charge in [0.2, 0.25) is 0 Å². The van der Waals surface area contributed by atoms with Gasteiger partial charge in [-0.15, -0.1) is 0 Å². The Labute approximate surface area is 159 Å². The summed E-state index contributed by atoms with van der Waals surface area (Å²) in [6.45, 7) is 6.02. The third-order valence-electron chi connectivity index (χ3n) is 4.57. The highest BCUT2D eigenvalue weighted by Crippen LogP contribution is 2.17. The molecule has 2 heterocycles. The first kappa shape index (κ1) is 19.0. The van der Waals surface area contributed by atoms with Crippen molar-refractivity contribution in [3.63, 3.8) is 0 Å². The first-order chi connectivity index (χ1) is 13.0. The number of rotatable bonds is 6. The van der Waals surface area contributed by atoms with Crippen molar-refractivity contribution in [1.29, 1.82) is 0 Å². The maximum absolute atomic E-state index is 12.5. The third-order valence-corrected chi connectivity index (χ3v) is 4.57. The molecule has 0 saturated carbocycles. The highest BCUT2D eigenvalue weighted by atomic mass is 16.5. The number of nitrogens with one attached hydrogen (secondary N) is 1. The molecule has 1 aromatic heterocycles. The summed E-state index contributed by atoms with van der Waals surface area (Å²) < 4.78 is 10.7. The molecule has 0 aliphatic carbocycles. The van der Waals surface area contributed by atoms with Crippen LogP contribution in [0.25, 0.3) is 0 Å². The Kier molecular flexibility index (Phi) is 6.16. The number of nitrogens with zero attached hydrogens (tertiary/aromatic N) is 1. The maximum Gasteiger partial charge on any atom is 0.257 e. The lowest BCUT2D eigenvalue weighted by Crippen LogP contribution is -2.46. The van der Waals surface area contributed by atoms with Crippen molar-refractivity contribution in [3.05, 3.63) is 54.0 Å². The summed E-state index contributed by atoms with van der Waals surface area (Å²) in [6, 6.07) is 8.98. The van der Waals surface area contributed by atoms with E-state index < -0.39 is 0 Å². The van der Waals surface area contributed by atoms with Crippen LogP contribution in [0.4, 0.5) is 0 Å². The molecule has 1 aromatic carbocycles. The van der Waals surface area contributed by atoms with Crippen molar-refractivity contribution < 1.29 is 18.7 Å². The lowest BCUT2D eigenvalue weighted by molar-refractivity contribution is 0.0697. The molecule has 1 saturated heterocycles. The minimum atomic E-state index is -0.107. The molecule has 0 bridgehead atoms. The number of hydrogen-bond acceptors (Lipinski definition) is 4. The fraction of sp³-hybridized carbons (Fsp3) is 0.429. The highest BCUT2D eigenvalue weighted by Gasteiger charge is 2.25. The molecule has 6 heteroatoms. The van der Waals surface area contributed by atoms with Gasteiger partial charge < -0.3 is 19.4 Å². The summed E-state index contributed by atoms with van der Waals surface area (Å²) in [5.41, 5.74) is 1.16. The van der Waals surface area contributed by atoms with Crippen molar-refractivity contribution >= 4 is 11.8 Å². The van der Waals surface area contributed by atoms with Crippen molar-refractivity contribution in [2.45, 2.75) is 32.7 Å². The molecule has 2 amide bonds.